The van der Waals surface area contributed by atoms with E-state index in [1.54, 1.807) is 0 Å². The van der Waals surface area contributed by atoms with Gasteiger partial charge in [0, 0.05) is 0 Å². The van der Waals surface area contributed by atoms with Gasteiger partial charge in [0.2, 0.25) is 0 Å². The van der Waals surface area contributed by atoms with E-state index in [0.717, 1.165) is 0 Å². The second-order valence-corrected chi connectivity index (χ2v) is 52.3. The van der Waals surface area contributed by atoms with Gasteiger partial charge in [-0.05, 0) is 137 Å². The minimum atomic E-state index is -2.17. The summed E-state index contributed by atoms with van der Waals surface area (Å²) in [6.07, 6.45) is -6.28. The molecule has 10 atom stereocenters. The van der Waals surface area contributed by atoms with Crippen LogP contribution >= 0.6 is 0 Å². The zero-order valence-electron chi connectivity index (χ0n) is 36.2. The van der Waals surface area contributed by atoms with Crippen LogP contribution < -0.4 is 0 Å². The predicted molar refractivity (Wildman–Crippen MR) is 224 cm³/mol. The second kappa shape index (κ2) is 17.7. The number of aliphatic hydroxyl groups excluding tert-OH is 1. The summed E-state index contributed by atoms with van der Waals surface area (Å²) in [6.45, 7) is 45.8. The largest absolute Gasteiger partial charge is 0.415 e. The van der Waals surface area contributed by atoms with Crippen LogP contribution in [0.3, 0.4) is 0 Å². The van der Waals surface area contributed by atoms with Crippen molar-refractivity contribution in [1.29, 1.82) is 0 Å². The van der Waals surface area contributed by atoms with Crippen molar-refractivity contribution < 1.29 is 50.3 Å². The van der Waals surface area contributed by atoms with Crippen LogP contribution in [0.25, 0.3) is 0 Å². The van der Waals surface area contributed by atoms with Gasteiger partial charge in [0.05, 0.1) is 13.2 Å². The number of ether oxygens (including phenoxy) is 3. The predicted octanol–water partition coefficient (Wildman–Crippen LogP) is 7.62. The Bertz CT molecular complexity index is 1070. The molecule has 2 heterocycles. The molecule has 0 aromatic rings. The van der Waals surface area contributed by atoms with Crippen molar-refractivity contribution in [3.05, 3.63) is 0 Å². The molecule has 0 bridgehead atoms. The fraction of sp³-hybridized carbons (Fsp3) is 1.00. The van der Waals surface area contributed by atoms with E-state index in [2.05, 4.69) is 137 Å². The van der Waals surface area contributed by atoms with Crippen LogP contribution in [0.2, 0.25) is 137 Å². The highest BCUT2D eigenvalue weighted by Crippen LogP contribution is 2.37. The third-order valence-corrected chi connectivity index (χ3v) is 14.2. The standard InChI is InChI=1S/C33H78O11Si7/c1-45(2,3)36-23-25-27(40-47(7,8)9)29(42-49(13,14)15)31(44-51(19,20)21)33(38-25)35-22-24-26(39-46(4,5)6)28(41-48(10,11)12)30(32(34)37-24)43-50(16,17)18/h24-34H,22-23H2,1-21H3/t24-,25-,26-,27-,28+,29+,30-,31-,32-,33-/m1/s1. The molecule has 0 spiro atoms. The van der Waals surface area contributed by atoms with E-state index in [9.17, 15) is 5.11 Å². The van der Waals surface area contributed by atoms with E-state index in [1.807, 2.05) is 0 Å². The Labute approximate surface area is 319 Å². The van der Waals surface area contributed by atoms with Crippen molar-refractivity contribution in [1.82, 2.24) is 0 Å². The zero-order valence-corrected chi connectivity index (χ0v) is 43.2. The Morgan fingerprint density at radius 1 is 0.373 bits per heavy atom. The average molecular weight is 848 g/mol. The van der Waals surface area contributed by atoms with Crippen molar-refractivity contribution in [2.75, 3.05) is 13.2 Å². The first-order valence-corrected chi connectivity index (χ1v) is 42.7. The lowest BCUT2D eigenvalue weighted by Crippen LogP contribution is -2.68. The molecule has 304 valence electrons. The van der Waals surface area contributed by atoms with E-state index >= 15 is 0 Å². The molecule has 2 saturated heterocycles. The first-order valence-electron chi connectivity index (χ1n) is 18.8. The fourth-order valence-electron chi connectivity index (χ4n) is 5.95. The molecule has 0 aromatic carbocycles. The maximum atomic E-state index is 11.5. The molecule has 11 nitrogen and oxygen atoms in total. The lowest BCUT2D eigenvalue weighted by Gasteiger charge is -2.52. The topological polar surface area (TPSA) is 113 Å². The van der Waals surface area contributed by atoms with Gasteiger partial charge in [0.25, 0.3) is 0 Å². The van der Waals surface area contributed by atoms with Crippen LogP contribution in [-0.4, -0.2) is 138 Å². The summed E-state index contributed by atoms with van der Waals surface area (Å²) in [7, 11) is -14.7. The summed E-state index contributed by atoms with van der Waals surface area (Å²) in [5.41, 5.74) is 0. The van der Waals surface area contributed by atoms with Gasteiger partial charge < -0.3 is 50.3 Å². The zero-order chi connectivity index (χ0) is 39.8. The fourth-order valence-corrected chi connectivity index (χ4v) is 13.1. The van der Waals surface area contributed by atoms with Gasteiger partial charge in [-0.2, -0.15) is 0 Å². The molecule has 1 N–H and O–H groups in total. The molecule has 0 radical (unpaired) electrons. The lowest BCUT2D eigenvalue weighted by molar-refractivity contribution is -0.316. The molecule has 18 heteroatoms. The summed E-state index contributed by atoms with van der Waals surface area (Å²) in [5, 5.41) is 11.5. The Kier molecular flexibility index (Phi) is 16.7. The lowest BCUT2D eigenvalue weighted by atomic mass is 9.98. The maximum absolute atomic E-state index is 11.5. The molecule has 2 aliphatic heterocycles. The van der Waals surface area contributed by atoms with Gasteiger partial charge in [-0.25, -0.2) is 0 Å². The summed E-state index contributed by atoms with van der Waals surface area (Å²) in [6, 6.07) is 0. The quantitative estimate of drug-likeness (QED) is 0.138. The summed E-state index contributed by atoms with van der Waals surface area (Å²) < 4.78 is 67.8. The smallest absolute Gasteiger partial charge is 0.185 e. The van der Waals surface area contributed by atoms with Crippen LogP contribution in [-0.2, 0) is 45.2 Å². The van der Waals surface area contributed by atoms with E-state index < -0.39 is 120 Å². The third kappa shape index (κ3) is 18.3. The van der Waals surface area contributed by atoms with Crippen molar-refractivity contribution in [3.8, 4) is 0 Å². The van der Waals surface area contributed by atoms with E-state index in [0.29, 0.717) is 6.61 Å². The molecular weight excluding hydrogens is 769 g/mol. The molecule has 2 rings (SSSR count). The van der Waals surface area contributed by atoms with Crippen molar-refractivity contribution in [3.63, 3.8) is 0 Å². The van der Waals surface area contributed by atoms with Gasteiger partial charge in [0.1, 0.15) is 48.8 Å². The third-order valence-electron chi connectivity index (χ3n) is 7.24. The second-order valence-electron chi connectivity index (χ2n) is 21.0. The van der Waals surface area contributed by atoms with Crippen LogP contribution in [0.4, 0.5) is 0 Å². The van der Waals surface area contributed by atoms with Gasteiger partial charge in [-0.1, -0.05) is 0 Å². The summed E-state index contributed by atoms with van der Waals surface area (Å²) in [4.78, 5) is 0. The Hall–Kier alpha value is 1.08. The van der Waals surface area contributed by atoms with Crippen molar-refractivity contribution in [2.24, 2.45) is 0 Å². The highest BCUT2D eigenvalue weighted by Gasteiger charge is 2.55. The monoisotopic (exact) mass is 846 g/mol. The van der Waals surface area contributed by atoms with Crippen molar-refractivity contribution >= 4 is 58.2 Å². The Morgan fingerprint density at radius 3 is 1.06 bits per heavy atom. The number of hydrogen-bond acceptors (Lipinski definition) is 11. The molecule has 0 saturated carbocycles. The van der Waals surface area contributed by atoms with Crippen LogP contribution in [0, 0.1) is 0 Å². The van der Waals surface area contributed by atoms with E-state index in [-0.39, 0.29) is 6.61 Å². The minimum Gasteiger partial charge on any atom is -0.415 e. The first kappa shape index (κ1) is 48.2. The summed E-state index contributed by atoms with van der Waals surface area (Å²) >= 11 is 0. The molecular formula is C33H78O11Si7. The van der Waals surface area contributed by atoms with Gasteiger partial charge in [0.15, 0.2) is 70.8 Å². The SMILES string of the molecule is C[Si](C)(C)OC[C@H]1O[C@@H](OC[C@H]2O[C@@H](O)[C@H](O[Si](C)(C)C)[C@@H](O[Si](C)(C)C)[C@@H]2O[Si](C)(C)C)[C@H](O[Si](C)(C)C)[C@@H](O[Si](C)(C)C)[C@@H]1O[Si](C)(C)C. The van der Waals surface area contributed by atoms with Gasteiger partial charge in [-0.15, -0.1) is 0 Å². The number of hydrogen-bond donors (Lipinski definition) is 1. The molecule has 0 aromatic heterocycles. The molecule has 0 aliphatic carbocycles. The van der Waals surface area contributed by atoms with E-state index in [1.165, 1.54) is 0 Å². The highest BCUT2D eigenvalue weighted by atomic mass is 28.4. The molecule has 2 aliphatic rings. The highest BCUT2D eigenvalue weighted by molar-refractivity contribution is 6.72. The van der Waals surface area contributed by atoms with Crippen LogP contribution in [0.15, 0.2) is 0 Å². The normalized spacial score (nSPS) is 32.4. The Balaban J connectivity index is 2.64. The average Bonchev–Trinajstić information content (AvgIpc) is 2.84. The molecule has 51 heavy (non-hydrogen) atoms. The van der Waals surface area contributed by atoms with Crippen LogP contribution in [0.5, 0.6) is 0 Å². The number of aliphatic hydroxyl groups is 1. The molecule has 0 amide bonds. The summed E-state index contributed by atoms with van der Waals surface area (Å²) in [5.74, 6) is 0. The van der Waals surface area contributed by atoms with Crippen molar-refractivity contribution in [2.45, 2.75) is 199 Å². The van der Waals surface area contributed by atoms with Gasteiger partial charge >= 0.3 is 0 Å². The van der Waals surface area contributed by atoms with E-state index in [4.69, 9.17) is 45.2 Å². The van der Waals surface area contributed by atoms with Crippen LogP contribution in [0.1, 0.15) is 0 Å². The van der Waals surface area contributed by atoms with Gasteiger partial charge in [-0.3, -0.25) is 0 Å². The Morgan fingerprint density at radius 2 is 0.686 bits per heavy atom. The minimum absolute atomic E-state index is 0.0778. The molecule has 2 fully saturated rings. The number of rotatable bonds is 18. The maximum Gasteiger partial charge on any atom is 0.185 e. The molecule has 0 unspecified atom stereocenters. The first-order chi connectivity index (χ1) is 22.5.